The number of carbonyl (C=O) groups excluding carboxylic acids is 2. The maximum absolute atomic E-state index is 13.9. The highest BCUT2D eigenvalue weighted by atomic mass is 32.1. The van der Waals surface area contributed by atoms with Crippen LogP contribution in [0.15, 0.2) is 30.3 Å². The molecule has 0 aliphatic heterocycles. The summed E-state index contributed by atoms with van der Waals surface area (Å²) >= 11 is 1.25. The van der Waals surface area contributed by atoms with Gasteiger partial charge in [-0.3, -0.25) is 9.59 Å². The van der Waals surface area contributed by atoms with Gasteiger partial charge in [0.05, 0.1) is 12.1 Å². The summed E-state index contributed by atoms with van der Waals surface area (Å²) in [6, 6.07) is 5.62. The number of halogens is 4. The number of amides is 1. The zero-order valence-corrected chi connectivity index (χ0v) is 20.2. The van der Waals surface area contributed by atoms with Gasteiger partial charge < -0.3 is 15.2 Å². The van der Waals surface area contributed by atoms with Crippen LogP contribution in [0.5, 0.6) is 5.75 Å². The van der Waals surface area contributed by atoms with Crippen LogP contribution in [0, 0.1) is 5.82 Å². The van der Waals surface area contributed by atoms with Gasteiger partial charge in [-0.05, 0) is 56.0 Å². The van der Waals surface area contributed by atoms with Gasteiger partial charge in [0.25, 0.3) is 0 Å². The van der Waals surface area contributed by atoms with Crippen molar-refractivity contribution in [3.05, 3.63) is 57.4 Å². The van der Waals surface area contributed by atoms with Gasteiger partial charge in [-0.1, -0.05) is 11.3 Å². The highest BCUT2D eigenvalue weighted by Crippen LogP contribution is 2.25. The molecule has 14 heteroatoms. The standard InChI is InChI=1S/C23H23F4N5O4S/c24-17-9-8-16(36-23(25,26)27)12-14(17)13-20(35)28-19-10-7-15(29-30-19)4-1-2-6-21-31-32-22(37-21)18(34)5-3-11-33/h7-10,12,33H,1-6,11,13H2,(H,28,30,35). The van der Waals surface area contributed by atoms with Crippen LogP contribution in [0.2, 0.25) is 0 Å². The van der Waals surface area contributed by atoms with E-state index in [1.165, 1.54) is 17.4 Å². The Balaban J connectivity index is 1.43. The Morgan fingerprint density at radius 2 is 1.78 bits per heavy atom. The lowest BCUT2D eigenvalue weighted by atomic mass is 10.1. The molecule has 2 aromatic heterocycles. The van der Waals surface area contributed by atoms with Crippen LogP contribution in [0.3, 0.4) is 0 Å². The van der Waals surface area contributed by atoms with E-state index in [2.05, 4.69) is 30.4 Å². The van der Waals surface area contributed by atoms with Crippen molar-refractivity contribution in [1.29, 1.82) is 0 Å². The van der Waals surface area contributed by atoms with E-state index in [0.29, 0.717) is 30.0 Å². The first-order valence-electron chi connectivity index (χ1n) is 11.3. The lowest BCUT2D eigenvalue weighted by molar-refractivity contribution is -0.274. The van der Waals surface area contributed by atoms with Gasteiger partial charge in [0.1, 0.15) is 16.6 Å². The third kappa shape index (κ3) is 9.46. The monoisotopic (exact) mass is 541 g/mol. The summed E-state index contributed by atoms with van der Waals surface area (Å²) in [5.41, 5.74) is 0.416. The molecule has 0 saturated heterocycles. The van der Waals surface area contributed by atoms with Crippen molar-refractivity contribution in [2.75, 3.05) is 11.9 Å². The quantitative estimate of drug-likeness (QED) is 0.188. The molecular formula is C23H23F4N5O4S. The lowest BCUT2D eigenvalue weighted by Crippen LogP contribution is -2.18. The number of Topliss-reactive ketones (excluding diaryl/α,β-unsaturated/α-hetero) is 1. The average molecular weight is 542 g/mol. The Kier molecular flexibility index (Phi) is 9.97. The van der Waals surface area contributed by atoms with Crippen molar-refractivity contribution in [2.45, 2.75) is 51.3 Å². The number of benzene rings is 1. The SMILES string of the molecule is O=C(Cc1cc(OC(F)(F)F)ccc1F)Nc1ccc(CCCCc2nnc(C(=O)CCCO)s2)nn1. The van der Waals surface area contributed by atoms with Crippen LogP contribution in [0.25, 0.3) is 0 Å². The second kappa shape index (κ2) is 13.1. The Morgan fingerprint density at radius 3 is 2.49 bits per heavy atom. The zero-order chi connectivity index (χ0) is 26.8. The molecule has 0 spiro atoms. The first-order valence-corrected chi connectivity index (χ1v) is 12.1. The van der Waals surface area contributed by atoms with Gasteiger partial charge in [0.2, 0.25) is 5.91 Å². The number of hydrogen-bond donors (Lipinski definition) is 2. The lowest BCUT2D eigenvalue weighted by Gasteiger charge is -2.11. The molecule has 198 valence electrons. The van der Waals surface area contributed by atoms with Crippen LogP contribution in [0.4, 0.5) is 23.4 Å². The fraction of sp³-hybridized carbons (Fsp3) is 0.391. The van der Waals surface area contributed by atoms with Crippen LogP contribution in [0.1, 0.15) is 51.8 Å². The van der Waals surface area contributed by atoms with Gasteiger partial charge in [0.15, 0.2) is 16.6 Å². The normalized spacial score (nSPS) is 11.4. The summed E-state index contributed by atoms with van der Waals surface area (Å²) in [6.07, 6.45) is -2.02. The van der Waals surface area contributed by atoms with Gasteiger partial charge >= 0.3 is 6.36 Å². The number of aryl methyl sites for hydroxylation is 2. The molecule has 2 heterocycles. The molecule has 0 radical (unpaired) electrons. The molecule has 3 rings (SSSR count). The summed E-state index contributed by atoms with van der Waals surface area (Å²) < 4.78 is 54.7. The Hall–Kier alpha value is -3.52. The summed E-state index contributed by atoms with van der Waals surface area (Å²) in [5, 5.41) is 28.2. The number of nitrogens with one attached hydrogen (secondary N) is 1. The number of alkyl halides is 3. The Morgan fingerprint density at radius 1 is 1.00 bits per heavy atom. The maximum Gasteiger partial charge on any atom is 0.573 e. The molecule has 1 aromatic carbocycles. The molecule has 0 saturated carbocycles. The molecule has 37 heavy (non-hydrogen) atoms. The number of unbranched alkanes of at least 4 members (excludes halogenated alkanes) is 1. The van der Waals surface area contributed by atoms with E-state index in [4.69, 9.17) is 5.11 Å². The number of rotatable bonds is 13. The second-order valence-corrected chi connectivity index (χ2v) is 8.96. The van der Waals surface area contributed by atoms with Crippen LogP contribution in [-0.4, -0.2) is 50.2 Å². The first kappa shape index (κ1) is 28.1. The number of aliphatic hydroxyl groups excluding tert-OH is 1. The third-order valence-corrected chi connectivity index (χ3v) is 5.95. The van der Waals surface area contributed by atoms with Crippen molar-refractivity contribution < 1.29 is 37.0 Å². The van der Waals surface area contributed by atoms with E-state index in [1.54, 1.807) is 6.07 Å². The largest absolute Gasteiger partial charge is 0.573 e. The number of carbonyl (C=O) groups is 2. The summed E-state index contributed by atoms with van der Waals surface area (Å²) in [6.45, 7) is -0.0493. The molecular weight excluding hydrogens is 518 g/mol. The molecule has 9 nitrogen and oxygen atoms in total. The van der Waals surface area contributed by atoms with Crippen LogP contribution >= 0.6 is 11.3 Å². The minimum absolute atomic E-state index is 0.0493. The molecule has 0 aliphatic carbocycles. The molecule has 0 atom stereocenters. The third-order valence-electron chi connectivity index (χ3n) is 4.93. The van der Waals surface area contributed by atoms with Gasteiger partial charge in [0, 0.05) is 25.0 Å². The number of anilines is 1. The van der Waals surface area contributed by atoms with Gasteiger partial charge in [-0.2, -0.15) is 5.10 Å². The molecule has 2 N–H and O–H groups in total. The number of hydrogen-bond acceptors (Lipinski definition) is 9. The maximum atomic E-state index is 13.9. The number of ether oxygens (including phenoxy) is 1. The Labute approximate surface area is 212 Å². The van der Waals surface area contributed by atoms with Crippen molar-refractivity contribution in [2.24, 2.45) is 0 Å². The predicted octanol–water partition coefficient (Wildman–Crippen LogP) is 4.07. The van der Waals surface area contributed by atoms with Crippen molar-refractivity contribution >= 4 is 28.8 Å². The number of aromatic nitrogens is 4. The van der Waals surface area contributed by atoms with E-state index in [1.807, 2.05) is 0 Å². The van der Waals surface area contributed by atoms with Crippen LogP contribution in [-0.2, 0) is 24.1 Å². The summed E-state index contributed by atoms with van der Waals surface area (Å²) in [5.74, 6) is -2.17. The molecule has 1 amide bonds. The van der Waals surface area contributed by atoms with E-state index in [0.717, 1.165) is 36.0 Å². The van der Waals surface area contributed by atoms with Gasteiger partial charge in [-0.15, -0.1) is 28.5 Å². The van der Waals surface area contributed by atoms with E-state index in [-0.39, 0.29) is 30.2 Å². The average Bonchev–Trinajstić information content (AvgIpc) is 3.31. The number of aliphatic hydroxyl groups is 1. The zero-order valence-electron chi connectivity index (χ0n) is 19.4. The molecule has 0 fully saturated rings. The molecule has 0 unspecified atom stereocenters. The highest BCUT2D eigenvalue weighted by molar-refractivity contribution is 7.13. The molecule has 3 aromatic rings. The van der Waals surface area contributed by atoms with Gasteiger partial charge in [-0.25, -0.2) is 4.39 Å². The minimum Gasteiger partial charge on any atom is -0.406 e. The first-order chi connectivity index (χ1) is 17.6. The minimum atomic E-state index is -4.93. The van der Waals surface area contributed by atoms with Crippen LogP contribution < -0.4 is 10.1 Å². The molecule has 0 aliphatic rings. The topological polar surface area (TPSA) is 127 Å². The highest BCUT2D eigenvalue weighted by Gasteiger charge is 2.31. The van der Waals surface area contributed by atoms with Crippen molar-refractivity contribution in [3.63, 3.8) is 0 Å². The predicted molar refractivity (Wildman–Crippen MR) is 125 cm³/mol. The van der Waals surface area contributed by atoms with Crippen molar-refractivity contribution in [3.8, 4) is 5.75 Å². The van der Waals surface area contributed by atoms with Crippen molar-refractivity contribution in [1.82, 2.24) is 20.4 Å². The van der Waals surface area contributed by atoms with E-state index in [9.17, 15) is 27.2 Å². The second-order valence-electron chi connectivity index (χ2n) is 7.89. The summed E-state index contributed by atoms with van der Waals surface area (Å²) in [7, 11) is 0. The molecule has 0 bridgehead atoms. The van der Waals surface area contributed by atoms with E-state index >= 15 is 0 Å². The van der Waals surface area contributed by atoms with E-state index < -0.39 is 30.3 Å². The fourth-order valence-electron chi connectivity index (χ4n) is 3.20. The Bertz CT molecular complexity index is 1200. The summed E-state index contributed by atoms with van der Waals surface area (Å²) in [4.78, 5) is 24.1. The fourth-order valence-corrected chi connectivity index (χ4v) is 4.05. The number of nitrogens with zero attached hydrogens (tertiary/aromatic N) is 4. The smallest absolute Gasteiger partial charge is 0.406 e. The number of ketones is 1.